The molecule has 0 bridgehead atoms. The second-order valence-corrected chi connectivity index (χ2v) is 10.9. The van der Waals surface area contributed by atoms with E-state index in [0.717, 1.165) is 50.5 Å². The fraction of sp³-hybridized carbons (Fsp3) is 0.792. The molecule has 160 valence electrons. The van der Waals surface area contributed by atoms with Crippen LogP contribution in [0.15, 0.2) is 27.6 Å². The van der Waals surface area contributed by atoms with Crippen molar-refractivity contribution < 1.29 is 19.7 Å². The molecule has 0 amide bonds. The van der Waals surface area contributed by atoms with Gasteiger partial charge in [-0.05, 0) is 79.7 Å². The maximum absolute atomic E-state index is 12.2. The maximum atomic E-state index is 12.2. The van der Waals surface area contributed by atoms with Gasteiger partial charge in [0, 0.05) is 23.8 Å². The van der Waals surface area contributed by atoms with Crippen molar-refractivity contribution in [3.63, 3.8) is 0 Å². The van der Waals surface area contributed by atoms with E-state index in [1.165, 1.54) is 12.3 Å². The molecule has 0 aliphatic heterocycles. The number of aliphatic hydroxyl groups is 3. The van der Waals surface area contributed by atoms with Gasteiger partial charge in [0.1, 0.15) is 0 Å². The van der Waals surface area contributed by atoms with Crippen LogP contribution in [0.3, 0.4) is 0 Å². The highest BCUT2D eigenvalue weighted by Gasteiger charge is 2.69. The third-order valence-corrected chi connectivity index (χ3v) is 9.92. The Hall–Kier alpha value is -1.17. The van der Waals surface area contributed by atoms with Gasteiger partial charge in [-0.25, -0.2) is 4.79 Å². The van der Waals surface area contributed by atoms with Crippen LogP contribution in [-0.2, 0) is 0 Å². The molecular weight excluding hydrogens is 368 g/mol. The highest BCUT2D eigenvalue weighted by Crippen LogP contribution is 2.70. The van der Waals surface area contributed by atoms with Gasteiger partial charge in [-0.2, -0.15) is 0 Å². The second-order valence-electron chi connectivity index (χ2n) is 10.9. The van der Waals surface area contributed by atoms with E-state index in [9.17, 15) is 20.1 Å². The van der Waals surface area contributed by atoms with Crippen LogP contribution in [0.1, 0.15) is 76.7 Å². The molecule has 1 heterocycles. The Kier molecular flexibility index (Phi) is 4.37. The summed E-state index contributed by atoms with van der Waals surface area (Å²) in [5, 5.41) is 33.5. The minimum absolute atomic E-state index is 0.163. The smallest absolute Gasteiger partial charge is 0.335 e. The monoisotopic (exact) mass is 402 g/mol. The molecule has 4 fully saturated rings. The fourth-order valence-corrected chi connectivity index (χ4v) is 8.42. The second kappa shape index (κ2) is 6.41. The van der Waals surface area contributed by atoms with Crippen molar-refractivity contribution in [2.75, 3.05) is 0 Å². The summed E-state index contributed by atoms with van der Waals surface area (Å²) in [6, 6.07) is 3.26. The van der Waals surface area contributed by atoms with Gasteiger partial charge in [0.25, 0.3) is 0 Å². The lowest BCUT2D eigenvalue weighted by Gasteiger charge is -2.63. The van der Waals surface area contributed by atoms with Crippen LogP contribution in [-0.4, -0.2) is 33.1 Å². The van der Waals surface area contributed by atoms with Gasteiger partial charge in [0.05, 0.1) is 24.1 Å². The zero-order valence-electron chi connectivity index (χ0n) is 17.5. The van der Waals surface area contributed by atoms with Crippen LogP contribution < -0.4 is 5.63 Å². The summed E-state index contributed by atoms with van der Waals surface area (Å²) >= 11 is 0. The van der Waals surface area contributed by atoms with E-state index in [-0.39, 0.29) is 23.4 Å². The number of aliphatic hydroxyl groups excluding tert-OH is 2. The number of rotatable bonds is 1. The summed E-state index contributed by atoms with van der Waals surface area (Å²) in [7, 11) is 0. The molecule has 5 rings (SSSR count). The molecule has 0 radical (unpaired) electrons. The number of hydrogen-bond donors (Lipinski definition) is 3. The molecule has 29 heavy (non-hydrogen) atoms. The van der Waals surface area contributed by atoms with E-state index in [1.54, 1.807) is 6.07 Å². The topological polar surface area (TPSA) is 90.9 Å². The molecule has 4 aliphatic carbocycles. The molecule has 1 aromatic heterocycles. The first-order chi connectivity index (χ1) is 13.7. The molecule has 0 aromatic carbocycles. The summed E-state index contributed by atoms with van der Waals surface area (Å²) in [5.74, 6) is 0.869. The van der Waals surface area contributed by atoms with E-state index < -0.39 is 22.7 Å². The molecule has 0 saturated heterocycles. The van der Waals surface area contributed by atoms with Crippen LogP contribution in [0.2, 0.25) is 0 Å². The Morgan fingerprint density at radius 1 is 1.07 bits per heavy atom. The molecule has 9 atom stereocenters. The Bertz CT molecular complexity index is 850. The van der Waals surface area contributed by atoms with Gasteiger partial charge in [0.2, 0.25) is 0 Å². The Balaban J connectivity index is 1.53. The van der Waals surface area contributed by atoms with E-state index in [0.29, 0.717) is 18.3 Å². The molecule has 0 spiro atoms. The molecule has 4 aliphatic rings. The van der Waals surface area contributed by atoms with Crippen molar-refractivity contribution in [2.45, 2.75) is 88.9 Å². The molecule has 5 nitrogen and oxygen atoms in total. The zero-order valence-corrected chi connectivity index (χ0v) is 17.5. The Morgan fingerprint density at radius 2 is 1.86 bits per heavy atom. The minimum Gasteiger partial charge on any atom is -0.431 e. The lowest BCUT2D eigenvalue weighted by molar-refractivity contribution is -0.205. The van der Waals surface area contributed by atoms with E-state index in [4.69, 9.17) is 4.42 Å². The average Bonchev–Trinajstić information content (AvgIpc) is 2.87. The van der Waals surface area contributed by atoms with Crippen molar-refractivity contribution in [2.24, 2.45) is 28.6 Å². The first-order valence-electron chi connectivity index (χ1n) is 11.4. The fourth-order valence-electron chi connectivity index (χ4n) is 8.42. The largest absolute Gasteiger partial charge is 0.431 e. The summed E-state index contributed by atoms with van der Waals surface area (Å²) in [4.78, 5) is 11.8. The lowest BCUT2D eigenvalue weighted by Crippen LogP contribution is -2.62. The highest BCUT2D eigenvalue weighted by molar-refractivity contribution is 5.30. The van der Waals surface area contributed by atoms with E-state index in [2.05, 4.69) is 13.8 Å². The predicted molar refractivity (Wildman–Crippen MR) is 108 cm³/mol. The molecular formula is C24H34O5. The van der Waals surface area contributed by atoms with Crippen molar-refractivity contribution in [3.8, 4) is 0 Å². The summed E-state index contributed by atoms with van der Waals surface area (Å²) in [5.41, 5.74) is -0.850. The molecule has 5 heteroatoms. The first-order valence-corrected chi connectivity index (χ1v) is 11.4. The van der Waals surface area contributed by atoms with Gasteiger partial charge in [-0.15, -0.1) is 0 Å². The van der Waals surface area contributed by atoms with Crippen LogP contribution in [0, 0.1) is 28.6 Å². The van der Waals surface area contributed by atoms with E-state index in [1.807, 2.05) is 0 Å². The average molecular weight is 403 g/mol. The molecule has 4 saturated carbocycles. The van der Waals surface area contributed by atoms with Crippen molar-refractivity contribution in [3.05, 3.63) is 34.4 Å². The van der Waals surface area contributed by atoms with Crippen LogP contribution in [0.4, 0.5) is 0 Å². The third kappa shape index (κ3) is 2.60. The van der Waals surface area contributed by atoms with Gasteiger partial charge < -0.3 is 19.7 Å². The van der Waals surface area contributed by atoms with Crippen LogP contribution in [0.25, 0.3) is 0 Å². The van der Waals surface area contributed by atoms with Crippen LogP contribution >= 0.6 is 0 Å². The zero-order chi connectivity index (χ0) is 20.6. The summed E-state index contributed by atoms with van der Waals surface area (Å²) in [6.07, 6.45) is 7.59. The van der Waals surface area contributed by atoms with Gasteiger partial charge >= 0.3 is 5.63 Å². The minimum atomic E-state index is -0.930. The molecule has 4 unspecified atom stereocenters. The van der Waals surface area contributed by atoms with E-state index >= 15 is 0 Å². The van der Waals surface area contributed by atoms with Crippen molar-refractivity contribution in [1.82, 2.24) is 0 Å². The van der Waals surface area contributed by atoms with Gasteiger partial charge in [-0.1, -0.05) is 13.8 Å². The van der Waals surface area contributed by atoms with Crippen LogP contribution in [0.5, 0.6) is 0 Å². The highest BCUT2D eigenvalue weighted by atomic mass is 16.4. The SMILES string of the molecule is C[C@]12CC[C@H](O)C[C@H]1CCC1C2CC[C@]2(C)C(c3ccoc(=O)c3)C(O)C[C@]12O. The van der Waals surface area contributed by atoms with Crippen molar-refractivity contribution >= 4 is 0 Å². The molecule has 1 aromatic rings. The van der Waals surface area contributed by atoms with Crippen molar-refractivity contribution in [1.29, 1.82) is 0 Å². The Labute approximate surface area is 172 Å². The summed E-state index contributed by atoms with van der Waals surface area (Å²) in [6.45, 7) is 4.51. The summed E-state index contributed by atoms with van der Waals surface area (Å²) < 4.78 is 4.90. The first kappa shape index (κ1) is 19.8. The molecule has 3 N–H and O–H groups in total. The number of fused-ring (bicyclic) bond motifs is 5. The van der Waals surface area contributed by atoms with Gasteiger partial charge in [0.15, 0.2) is 0 Å². The maximum Gasteiger partial charge on any atom is 0.335 e. The number of hydrogen-bond acceptors (Lipinski definition) is 5. The normalized spacial score (nSPS) is 51.8. The van der Waals surface area contributed by atoms with Gasteiger partial charge in [-0.3, -0.25) is 0 Å². The predicted octanol–water partition coefficient (Wildman–Crippen LogP) is 3.21. The quantitative estimate of drug-likeness (QED) is 0.671. The standard InChI is InChI=1S/C24H34O5/c1-22-8-5-16(25)12-15(22)3-4-18-17(22)6-9-23(2)21(19(26)13-24(18,23)28)14-7-10-29-20(27)11-14/h7,10-11,15-19,21,25-26,28H,3-6,8-9,12-13H2,1-2H3/t15-,16+,17?,18?,19?,21?,22+,23-,24+/m1/s1. The third-order valence-electron chi connectivity index (χ3n) is 9.92. The lowest BCUT2D eigenvalue weighted by atomic mass is 9.43. The Morgan fingerprint density at radius 3 is 2.62 bits per heavy atom.